The second kappa shape index (κ2) is 28.2. The first-order valence-electron chi connectivity index (χ1n) is 19.9. The zero-order valence-corrected chi connectivity index (χ0v) is 38.4. The average Bonchev–Trinajstić information content (AvgIpc) is 3.29. The molecular weight excluding hydrogens is 961 g/mol. The second-order valence-electron chi connectivity index (χ2n) is 14.4. The number of amides is 4. The molecule has 0 aromatic carbocycles. The second-order valence-corrected chi connectivity index (χ2v) is 18.3. The van der Waals surface area contributed by atoms with Crippen molar-refractivity contribution >= 4 is 100 Å². The standard InChI is InChI=1S/C38H46N12O13S4/c39-16-66-35-28(43-8-10-45-35)31(64-14-22(33(58)47-12-26(53)54)49-24(51)6-4-20(41)37(60)61)18-2-1-3-19(30(18)57)32(29-36(67-17-40)46-11-9-44-29)65-15-23(34(59)48-13-27(55)56)50-25(52)7-5-21(42)38(62)63/h8-11,18-23,31-32H,1-7,12-15,41-42H2,(H,47,58)(H,48,59)(H,49,51)(H,50,52)(H,53,54)(H,55,56)(H,60,61)(H,62,63). The molecule has 1 aliphatic carbocycles. The summed E-state index contributed by atoms with van der Waals surface area (Å²) in [5.74, 6) is -11.9. The molecule has 1 aliphatic rings. The van der Waals surface area contributed by atoms with Crippen molar-refractivity contribution < 1.29 is 63.6 Å². The Kier molecular flexibility index (Phi) is 23.2. The fourth-order valence-electron chi connectivity index (χ4n) is 6.49. The van der Waals surface area contributed by atoms with Crippen molar-refractivity contribution in [1.29, 1.82) is 10.5 Å². The lowest BCUT2D eigenvalue weighted by molar-refractivity contribution is -0.140. The van der Waals surface area contributed by atoms with E-state index in [0.717, 1.165) is 23.5 Å². The van der Waals surface area contributed by atoms with Crippen LogP contribution in [0.4, 0.5) is 0 Å². The van der Waals surface area contributed by atoms with Gasteiger partial charge < -0.3 is 53.2 Å². The van der Waals surface area contributed by atoms with Crippen molar-refractivity contribution in [2.45, 2.75) is 89.7 Å². The van der Waals surface area contributed by atoms with Crippen LogP contribution in [0.5, 0.6) is 0 Å². The molecule has 67 heavy (non-hydrogen) atoms. The van der Waals surface area contributed by atoms with Crippen molar-refractivity contribution in [2.75, 3.05) is 24.6 Å². The fraction of sp³-hybridized carbons (Fsp3) is 0.500. The van der Waals surface area contributed by atoms with E-state index in [1.54, 1.807) is 0 Å². The molecule has 8 unspecified atom stereocenters. The van der Waals surface area contributed by atoms with E-state index in [4.69, 9.17) is 21.7 Å². The Bertz CT molecular complexity index is 2080. The van der Waals surface area contributed by atoms with Gasteiger partial charge in [0.15, 0.2) is 0 Å². The third kappa shape index (κ3) is 17.9. The van der Waals surface area contributed by atoms with Crippen LogP contribution in [0, 0.1) is 33.2 Å². The van der Waals surface area contributed by atoms with Gasteiger partial charge in [-0.2, -0.15) is 10.5 Å². The number of aliphatic carboxylic acids is 4. The molecule has 0 radical (unpaired) electrons. The fourth-order valence-corrected chi connectivity index (χ4v) is 10.5. The Hall–Kier alpha value is -6.11. The van der Waals surface area contributed by atoms with Gasteiger partial charge in [-0.25, -0.2) is 9.97 Å². The number of carboxylic acid groups (broad SMARTS) is 4. The van der Waals surface area contributed by atoms with E-state index in [1.165, 1.54) is 24.8 Å². The van der Waals surface area contributed by atoms with Crippen molar-refractivity contribution in [3.8, 4) is 10.8 Å². The summed E-state index contributed by atoms with van der Waals surface area (Å²) < 4.78 is 0. The SMILES string of the molecule is N#CSc1nccnc1C(SCC(NC(=O)CCC(N)C(=O)O)C(=O)NCC(=O)O)C1CCCC(C(SCC(NC(=O)CCC(N)C(=O)O)C(=O)NCC(=O)O)c2nccnc2SC#N)C1=O. The van der Waals surface area contributed by atoms with E-state index >= 15 is 4.79 Å². The van der Waals surface area contributed by atoms with Crippen LogP contribution in [0.3, 0.4) is 0 Å². The summed E-state index contributed by atoms with van der Waals surface area (Å²) in [5.41, 5.74) is 11.4. The maximum atomic E-state index is 15.2. The van der Waals surface area contributed by atoms with Gasteiger partial charge in [-0.15, -0.1) is 23.5 Å². The average molecular weight is 1010 g/mol. The number of rotatable bonds is 28. The predicted molar refractivity (Wildman–Crippen MR) is 238 cm³/mol. The van der Waals surface area contributed by atoms with Gasteiger partial charge >= 0.3 is 23.9 Å². The first-order chi connectivity index (χ1) is 31.9. The van der Waals surface area contributed by atoms with Gasteiger partial charge in [-0.1, -0.05) is 6.42 Å². The van der Waals surface area contributed by atoms with Crippen LogP contribution >= 0.6 is 47.0 Å². The molecule has 2 heterocycles. The summed E-state index contributed by atoms with van der Waals surface area (Å²) in [5, 5.41) is 67.6. The number of nitrogens with one attached hydrogen (secondary N) is 4. The molecule has 1 saturated carbocycles. The van der Waals surface area contributed by atoms with E-state index in [-0.39, 0.29) is 58.6 Å². The van der Waals surface area contributed by atoms with Gasteiger partial charge in [0.1, 0.15) is 63.9 Å². The summed E-state index contributed by atoms with van der Waals surface area (Å²) in [4.78, 5) is 131. The van der Waals surface area contributed by atoms with Crippen LogP contribution in [0.1, 0.15) is 66.8 Å². The highest BCUT2D eigenvalue weighted by molar-refractivity contribution is 8.04. The number of Topliss-reactive ketones (excluding diaryl/α,β-unsaturated/α-hetero) is 1. The zero-order valence-electron chi connectivity index (χ0n) is 35.1. The Balaban J connectivity index is 2.09. The summed E-state index contributed by atoms with van der Waals surface area (Å²) in [6.07, 6.45) is 4.63. The number of thiocyanates is 2. The molecule has 4 amide bonds. The summed E-state index contributed by atoms with van der Waals surface area (Å²) in [6.45, 7) is -1.64. The number of ketones is 1. The molecule has 29 heteroatoms. The normalized spacial score (nSPS) is 17.1. The maximum absolute atomic E-state index is 15.2. The Morgan fingerprint density at radius 1 is 0.657 bits per heavy atom. The predicted octanol–water partition coefficient (Wildman–Crippen LogP) is -0.597. The molecule has 3 rings (SSSR count). The number of nitriles is 2. The van der Waals surface area contributed by atoms with Crippen LogP contribution in [0.15, 0.2) is 34.8 Å². The van der Waals surface area contributed by atoms with Crippen molar-refractivity contribution in [3.05, 3.63) is 36.2 Å². The zero-order chi connectivity index (χ0) is 49.6. The number of thioether (sulfide) groups is 4. The van der Waals surface area contributed by atoms with E-state index < -0.39 is 126 Å². The van der Waals surface area contributed by atoms with E-state index in [2.05, 4.69) is 41.2 Å². The van der Waals surface area contributed by atoms with E-state index in [0.29, 0.717) is 29.9 Å². The van der Waals surface area contributed by atoms with Crippen LogP contribution in [-0.4, -0.2) is 142 Å². The highest BCUT2D eigenvalue weighted by Gasteiger charge is 2.44. The van der Waals surface area contributed by atoms with Crippen LogP contribution in [-0.2, 0) is 43.2 Å². The lowest BCUT2D eigenvalue weighted by atomic mass is 9.76. The Labute approximate surface area is 398 Å². The minimum absolute atomic E-state index is 0.110. The maximum Gasteiger partial charge on any atom is 0.322 e. The van der Waals surface area contributed by atoms with Gasteiger partial charge in [0.25, 0.3) is 0 Å². The number of aromatic nitrogens is 4. The molecular formula is C38H46N12O13S4. The molecule has 360 valence electrons. The van der Waals surface area contributed by atoms with Crippen molar-refractivity contribution in [3.63, 3.8) is 0 Å². The Morgan fingerprint density at radius 2 is 1.03 bits per heavy atom. The molecule has 12 N–H and O–H groups in total. The number of nitrogens with two attached hydrogens (primary N) is 2. The minimum Gasteiger partial charge on any atom is -0.480 e. The van der Waals surface area contributed by atoms with Crippen LogP contribution < -0.4 is 32.7 Å². The first-order valence-corrected chi connectivity index (χ1v) is 23.7. The number of carbonyl (C=O) groups is 9. The smallest absolute Gasteiger partial charge is 0.322 e. The van der Waals surface area contributed by atoms with Gasteiger partial charge in [-0.05, 0) is 25.7 Å². The molecule has 25 nitrogen and oxygen atoms in total. The Morgan fingerprint density at radius 3 is 1.37 bits per heavy atom. The molecule has 1 fully saturated rings. The molecule has 2 aromatic rings. The summed E-state index contributed by atoms with van der Waals surface area (Å²) in [7, 11) is 0. The summed E-state index contributed by atoms with van der Waals surface area (Å²) in [6, 6.07) is -5.69. The van der Waals surface area contributed by atoms with Gasteiger partial charge in [0, 0.05) is 84.5 Å². The van der Waals surface area contributed by atoms with Gasteiger partial charge in [0.2, 0.25) is 23.6 Å². The lowest BCUT2D eigenvalue weighted by Crippen LogP contribution is -2.50. The number of nitrogens with zero attached hydrogens (tertiary/aromatic N) is 6. The minimum atomic E-state index is -1.45. The third-order valence-corrected chi connectivity index (χ3v) is 13.8. The summed E-state index contributed by atoms with van der Waals surface area (Å²) >= 11 is 3.23. The number of hydrogen-bond acceptors (Lipinski definition) is 21. The van der Waals surface area contributed by atoms with Gasteiger partial charge in [-0.3, -0.25) is 53.1 Å². The number of carbonyl (C=O) groups excluding carboxylic acids is 5. The highest BCUT2D eigenvalue weighted by Crippen LogP contribution is 2.50. The van der Waals surface area contributed by atoms with Crippen molar-refractivity contribution in [1.82, 2.24) is 41.2 Å². The largest absolute Gasteiger partial charge is 0.480 e. The molecule has 0 saturated heterocycles. The van der Waals surface area contributed by atoms with Crippen LogP contribution in [0.2, 0.25) is 0 Å². The van der Waals surface area contributed by atoms with Crippen molar-refractivity contribution in [2.24, 2.45) is 23.3 Å². The lowest BCUT2D eigenvalue weighted by Gasteiger charge is -2.37. The molecule has 0 aliphatic heterocycles. The van der Waals surface area contributed by atoms with Gasteiger partial charge in [0.05, 0.1) is 21.9 Å². The third-order valence-electron chi connectivity index (χ3n) is 9.71. The number of hydrogen-bond donors (Lipinski definition) is 10. The quantitative estimate of drug-likeness (QED) is 0.0376. The van der Waals surface area contributed by atoms with E-state index in [1.807, 2.05) is 10.8 Å². The number of carboxylic acids is 4. The molecule has 0 bridgehead atoms. The van der Waals surface area contributed by atoms with E-state index in [9.17, 15) is 59.1 Å². The molecule has 2 aromatic heterocycles. The van der Waals surface area contributed by atoms with Crippen LogP contribution in [0.25, 0.3) is 0 Å². The first kappa shape index (κ1) is 55.2. The molecule has 8 atom stereocenters. The monoisotopic (exact) mass is 1010 g/mol. The topological polar surface area (TPSA) is 434 Å². The molecule has 0 spiro atoms. The highest BCUT2D eigenvalue weighted by atomic mass is 32.2.